The number of benzene rings is 1. The summed E-state index contributed by atoms with van der Waals surface area (Å²) in [5.41, 5.74) is -2.10. The first-order valence-corrected chi connectivity index (χ1v) is 14.3. The van der Waals surface area contributed by atoms with E-state index in [1.165, 1.54) is 24.1 Å². The summed E-state index contributed by atoms with van der Waals surface area (Å²) in [5, 5.41) is 7.81. The summed E-state index contributed by atoms with van der Waals surface area (Å²) in [6.07, 6.45) is 0.252. The van der Waals surface area contributed by atoms with E-state index in [-0.39, 0.29) is 47.1 Å². The number of aryl methyl sites for hydroxylation is 2. The first kappa shape index (κ1) is 32.2. The second kappa shape index (κ2) is 11.5. The topological polar surface area (TPSA) is 104 Å². The van der Waals surface area contributed by atoms with Gasteiger partial charge in [0.05, 0.1) is 41.6 Å². The fourth-order valence-corrected chi connectivity index (χ4v) is 5.55. The molecule has 1 aliphatic heterocycles. The van der Waals surface area contributed by atoms with Crippen molar-refractivity contribution in [2.45, 2.75) is 45.2 Å². The number of halogens is 6. The van der Waals surface area contributed by atoms with Crippen LogP contribution in [0.25, 0.3) is 22.9 Å². The van der Waals surface area contributed by atoms with Gasteiger partial charge < -0.3 is 4.90 Å². The van der Waals surface area contributed by atoms with E-state index in [0.29, 0.717) is 17.3 Å². The maximum atomic E-state index is 14.2. The molecule has 1 aliphatic rings. The summed E-state index contributed by atoms with van der Waals surface area (Å²) in [5.74, 6) is 0.884. The van der Waals surface area contributed by atoms with Crippen molar-refractivity contribution in [2.24, 2.45) is 7.05 Å². The molecule has 0 bridgehead atoms. The summed E-state index contributed by atoms with van der Waals surface area (Å²) >= 11 is 0. The molecule has 48 heavy (non-hydrogen) atoms. The standard InChI is InChI=1S/C32H24F6N8O2/c1-5-19-6-7-20(12-24(19)31(33,34)35)28(47)44-16-26-23(10-17(44)2)29(48)45(22-8-9-25(39-14-22)21-13-40-43(4)15-21)30(41-26)46-18(3)11-27(42-46)32(36,37)38/h1,6-9,11-15,17H,10,16H2,2-4H3/t17-/m1/s1. The van der Waals surface area contributed by atoms with Gasteiger partial charge in [-0.05, 0) is 56.7 Å². The Labute approximate surface area is 268 Å². The zero-order valence-electron chi connectivity index (χ0n) is 25.4. The highest BCUT2D eigenvalue weighted by Gasteiger charge is 2.38. The van der Waals surface area contributed by atoms with Crippen LogP contribution in [-0.4, -0.2) is 50.9 Å². The van der Waals surface area contributed by atoms with Crippen molar-refractivity contribution < 1.29 is 31.1 Å². The summed E-state index contributed by atoms with van der Waals surface area (Å²) in [4.78, 5) is 38.0. The van der Waals surface area contributed by atoms with Gasteiger partial charge in [-0.3, -0.25) is 19.3 Å². The largest absolute Gasteiger partial charge is 0.435 e. The molecule has 0 unspecified atom stereocenters. The van der Waals surface area contributed by atoms with Gasteiger partial charge in [-0.2, -0.15) is 36.5 Å². The molecule has 0 N–H and O–H groups in total. The maximum absolute atomic E-state index is 14.2. The second-order valence-corrected chi connectivity index (χ2v) is 11.3. The first-order valence-electron chi connectivity index (χ1n) is 14.3. The van der Waals surface area contributed by atoms with Crippen molar-refractivity contribution in [2.75, 3.05) is 0 Å². The molecule has 4 aromatic heterocycles. The molecule has 0 radical (unpaired) electrons. The summed E-state index contributed by atoms with van der Waals surface area (Å²) in [7, 11) is 1.73. The SMILES string of the molecule is C#Cc1ccc(C(=O)N2Cc3nc(-n4nc(C(F)(F)F)cc4C)n(-c4ccc(-c5cnn(C)c5)nc4)c(=O)c3C[C@H]2C)cc1C(F)(F)F. The van der Waals surface area contributed by atoms with Gasteiger partial charge in [0.2, 0.25) is 5.95 Å². The van der Waals surface area contributed by atoms with E-state index in [9.17, 15) is 35.9 Å². The lowest BCUT2D eigenvalue weighted by Gasteiger charge is -2.34. The number of pyridine rings is 1. The minimum absolute atomic E-state index is 0.00765. The Balaban J connectivity index is 1.47. The molecular formula is C32H24F6N8O2. The van der Waals surface area contributed by atoms with Crippen molar-refractivity contribution in [1.82, 2.24) is 39.0 Å². The Kier molecular flexibility index (Phi) is 7.73. The molecule has 246 valence electrons. The van der Waals surface area contributed by atoms with Gasteiger partial charge in [-0.15, -0.1) is 6.42 Å². The quantitative estimate of drug-likeness (QED) is 0.195. The number of rotatable bonds is 4. The van der Waals surface area contributed by atoms with Crippen molar-refractivity contribution in [3.8, 4) is 35.2 Å². The highest BCUT2D eigenvalue weighted by atomic mass is 19.4. The molecule has 0 aliphatic carbocycles. The van der Waals surface area contributed by atoms with Gasteiger partial charge in [0, 0.05) is 47.2 Å². The molecule has 5 heterocycles. The lowest BCUT2D eigenvalue weighted by atomic mass is 9.97. The van der Waals surface area contributed by atoms with Crippen LogP contribution in [0.1, 0.15) is 51.1 Å². The van der Waals surface area contributed by atoms with Crippen LogP contribution >= 0.6 is 0 Å². The second-order valence-electron chi connectivity index (χ2n) is 11.3. The van der Waals surface area contributed by atoms with Crippen molar-refractivity contribution in [1.29, 1.82) is 0 Å². The molecular weight excluding hydrogens is 642 g/mol. The molecule has 0 spiro atoms. The molecule has 0 saturated heterocycles. The van der Waals surface area contributed by atoms with Gasteiger partial charge in [-0.1, -0.05) is 5.92 Å². The average molecular weight is 667 g/mol. The maximum Gasteiger partial charge on any atom is 0.435 e. The van der Waals surface area contributed by atoms with E-state index < -0.39 is 46.7 Å². The number of nitrogens with zero attached hydrogens (tertiary/aromatic N) is 8. The van der Waals surface area contributed by atoms with E-state index in [1.807, 2.05) is 5.92 Å². The van der Waals surface area contributed by atoms with Gasteiger partial charge in [-0.25, -0.2) is 14.2 Å². The predicted octanol–water partition coefficient (Wildman–Crippen LogP) is 5.13. The predicted molar refractivity (Wildman–Crippen MR) is 159 cm³/mol. The Hall–Kier alpha value is -5.72. The summed E-state index contributed by atoms with van der Waals surface area (Å²) in [6.45, 7) is 2.66. The average Bonchev–Trinajstić information content (AvgIpc) is 3.65. The van der Waals surface area contributed by atoms with E-state index in [1.54, 1.807) is 43.2 Å². The Morgan fingerprint density at radius 1 is 1.04 bits per heavy atom. The molecule has 1 aromatic carbocycles. The van der Waals surface area contributed by atoms with E-state index in [0.717, 1.165) is 21.4 Å². The van der Waals surface area contributed by atoms with Gasteiger partial charge in [0.15, 0.2) is 5.69 Å². The van der Waals surface area contributed by atoms with E-state index in [4.69, 9.17) is 6.42 Å². The molecule has 0 saturated carbocycles. The fourth-order valence-electron chi connectivity index (χ4n) is 5.55. The monoisotopic (exact) mass is 666 g/mol. The molecule has 10 nitrogen and oxygen atoms in total. The highest BCUT2D eigenvalue weighted by molar-refractivity contribution is 5.95. The number of alkyl halides is 6. The third-order valence-electron chi connectivity index (χ3n) is 7.96. The molecule has 6 rings (SSSR count). The molecule has 0 fully saturated rings. The highest BCUT2D eigenvalue weighted by Crippen LogP contribution is 2.34. The van der Waals surface area contributed by atoms with Crippen LogP contribution in [0, 0.1) is 19.3 Å². The smallest absolute Gasteiger partial charge is 0.330 e. The Morgan fingerprint density at radius 3 is 2.38 bits per heavy atom. The fraction of sp³-hybridized carbons (Fsp3) is 0.250. The molecule has 16 heteroatoms. The summed E-state index contributed by atoms with van der Waals surface area (Å²) in [6, 6.07) is 6.18. The van der Waals surface area contributed by atoms with E-state index >= 15 is 0 Å². The van der Waals surface area contributed by atoms with Crippen LogP contribution in [0.2, 0.25) is 0 Å². The zero-order chi connectivity index (χ0) is 34.7. The normalized spacial score (nSPS) is 14.9. The van der Waals surface area contributed by atoms with Crippen molar-refractivity contribution >= 4 is 5.91 Å². The number of fused-ring (bicyclic) bond motifs is 1. The third-order valence-corrected chi connectivity index (χ3v) is 7.96. The number of amides is 1. The molecule has 5 aromatic rings. The van der Waals surface area contributed by atoms with Gasteiger partial charge >= 0.3 is 12.4 Å². The number of hydrogen-bond acceptors (Lipinski definition) is 6. The number of carbonyl (C=O) groups is 1. The first-order chi connectivity index (χ1) is 22.6. The van der Waals surface area contributed by atoms with Crippen LogP contribution in [0.4, 0.5) is 26.3 Å². The van der Waals surface area contributed by atoms with Crippen LogP contribution < -0.4 is 5.56 Å². The van der Waals surface area contributed by atoms with Crippen molar-refractivity contribution in [3.63, 3.8) is 0 Å². The van der Waals surface area contributed by atoms with Crippen LogP contribution in [-0.2, 0) is 32.4 Å². The third kappa shape index (κ3) is 5.72. The van der Waals surface area contributed by atoms with Crippen LogP contribution in [0.5, 0.6) is 0 Å². The van der Waals surface area contributed by atoms with Crippen molar-refractivity contribution in [3.05, 3.63) is 105 Å². The Morgan fingerprint density at radius 2 is 1.79 bits per heavy atom. The van der Waals surface area contributed by atoms with Crippen LogP contribution in [0.3, 0.4) is 0 Å². The zero-order valence-corrected chi connectivity index (χ0v) is 25.4. The van der Waals surface area contributed by atoms with E-state index in [2.05, 4.69) is 20.2 Å². The summed E-state index contributed by atoms with van der Waals surface area (Å²) < 4.78 is 85.6. The molecule has 1 amide bonds. The van der Waals surface area contributed by atoms with Crippen LogP contribution in [0.15, 0.2) is 59.8 Å². The Bertz CT molecular complexity index is 2170. The number of carbonyl (C=O) groups excluding carboxylic acids is 1. The number of aromatic nitrogens is 7. The number of terminal acetylenes is 1. The van der Waals surface area contributed by atoms with Gasteiger partial charge in [0.1, 0.15) is 0 Å². The lowest BCUT2D eigenvalue weighted by molar-refractivity contribution is -0.141. The minimum Gasteiger partial charge on any atom is -0.330 e. The lowest BCUT2D eigenvalue weighted by Crippen LogP contribution is -2.46. The minimum atomic E-state index is -4.82. The number of hydrogen-bond donors (Lipinski definition) is 0. The molecule has 1 atom stereocenters. The van der Waals surface area contributed by atoms with Gasteiger partial charge in [0.25, 0.3) is 11.5 Å².